The number of piperidine rings is 1. The van der Waals surface area contributed by atoms with E-state index in [4.69, 9.17) is 5.73 Å². The maximum absolute atomic E-state index is 12.0. The second kappa shape index (κ2) is 4.13. The van der Waals surface area contributed by atoms with E-state index in [0.29, 0.717) is 12.2 Å². The standard InChI is InChI=1S/C10H16N4O2/c1-6-4-7(11)2-3-14(6)9(15)8-5-12-10(16)13-8/h5-7H,2-4,11H2,1H3,(H2,12,13,16). The third kappa shape index (κ3) is 2.01. The Hall–Kier alpha value is -1.56. The molecule has 1 aromatic heterocycles. The van der Waals surface area contributed by atoms with Crippen LogP contribution in [0.5, 0.6) is 0 Å². The van der Waals surface area contributed by atoms with Crippen LogP contribution in [0.3, 0.4) is 0 Å². The van der Waals surface area contributed by atoms with Gasteiger partial charge in [0.15, 0.2) is 0 Å². The molecule has 2 heterocycles. The predicted octanol–water partition coefficient (Wildman–Crippen LogP) is -0.345. The summed E-state index contributed by atoms with van der Waals surface area (Å²) in [5.41, 5.74) is 5.78. The summed E-state index contributed by atoms with van der Waals surface area (Å²) in [6.45, 7) is 2.62. The summed E-state index contributed by atoms with van der Waals surface area (Å²) in [5, 5.41) is 0. The Morgan fingerprint density at radius 2 is 2.38 bits per heavy atom. The zero-order valence-electron chi connectivity index (χ0n) is 9.19. The zero-order chi connectivity index (χ0) is 11.7. The van der Waals surface area contributed by atoms with E-state index in [2.05, 4.69) is 9.97 Å². The number of carbonyl (C=O) groups is 1. The van der Waals surface area contributed by atoms with E-state index in [0.717, 1.165) is 12.8 Å². The molecule has 1 aromatic rings. The SMILES string of the molecule is CC1CC(N)CCN1C(=O)c1c[nH]c(=O)[nH]1. The van der Waals surface area contributed by atoms with Gasteiger partial charge < -0.3 is 20.6 Å². The Morgan fingerprint density at radius 1 is 1.62 bits per heavy atom. The fraction of sp³-hybridized carbons (Fsp3) is 0.600. The highest BCUT2D eigenvalue weighted by atomic mass is 16.2. The van der Waals surface area contributed by atoms with Gasteiger partial charge in [0, 0.05) is 24.8 Å². The van der Waals surface area contributed by atoms with Gasteiger partial charge in [-0.2, -0.15) is 0 Å². The molecule has 0 saturated carbocycles. The van der Waals surface area contributed by atoms with Gasteiger partial charge in [-0.15, -0.1) is 0 Å². The van der Waals surface area contributed by atoms with Gasteiger partial charge in [-0.1, -0.05) is 0 Å². The highest BCUT2D eigenvalue weighted by Gasteiger charge is 2.28. The molecule has 1 aliphatic rings. The van der Waals surface area contributed by atoms with E-state index < -0.39 is 0 Å². The number of aromatic nitrogens is 2. The van der Waals surface area contributed by atoms with Gasteiger partial charge in [0.1, 0.15) is 5.69 Å². The number of imidazole rings is 1. The van der Waals surface area contributed by atoms with Crippen molar-refractivity contribution in [3.05, 3.63) is 22.4 Å². The molecule has 2 rings (SSSR count). The van der Waals surface area contributed by atoms with Gasteiger partial charge in [0.05, 0.1) is 0 Å². The van der Waals surface area contributed by atoms with Gasteiger partial charge in [0.2, 0.25) is 0 Å². The molecule has 0 aliphatic carbocycles. The largest absolute Gasteiger partial charge is 0.335 e. The Morgan fingerprint density at radius 3 is 2.94 bits per heavy atom. The lowest BCUT2D eigenvalue weighted by Crippen LogP contribution is -2.48. The summed E-state index contributed by atoms with van der Waals surface area (Å²) in [7, 11) is 0. The highest BCUT2D eigenvalue weighted by molar-refractivity contribution is 5.92. The van der Waals surface area contributed by atoms with E-state index in [1.165, 1.54) is 6.20 Å². The fourth-order valence-corrected chi connectivity index (χ4v) is 2.11. The second-order valence-corrected chi connectivity index (χ2v) is 4.29. The number of likely N-dealkylation sites (tertiary alicyclic amines) is 1. The Labute approximate surface area is 92.8 Å². The van der Waals surface area contributed by atoms with Crippen molar-refractivity contribution in [3.63, 3.8) is 0 Å². The normalized spacial score (nSPS) is 25.8. The number of nitrogens with zero attached hydrogens (tertiary/aromatic N) is 1. The first-order chi connectivity index (χ1) is 7.58. The minimum Gasteiger partial charge on any atom is -0.335 e. The maximum atomic E-state index is 12.0. The Balaban J connectivity index is 2.13. The minimum absolute atomic E-state index is 0.120. The number of H-pyrrole nitrogens is 2. The topological polar surface area (TPSA) is 95.0 Å². The number of rotatable bonds is 1. The third-order valence-corrected chi connectivity index (χ3v) is 3.00. The van der Waals surface area contributed by atoms with Crippen LogP contribution in [0.4, 0.5) is 0 Å². The molecule has 1 amide bonds. The molecule has 1 aliphatic heterocycles. The number of nitrogens with one attached hydrogen (secondary N) is 2. The summed E-state index contributed by atoms with van der Waals surface area (Å²) in [5.74, 6) is -0.141. The Bertz CT molecular complexity index is 436. The first kappa shape index (κ1) is 10.9. The molecule has 6 nitrogen and oxygen atoms in total. The van der Waals surface area contributed by atoms with E-state index >= 15 is 0 Å². The summed E-state index contributed by atoms with van der Waals surface area (Å²) in [6, 6.07) is 0.291. The molecule has 6 heteroatoms. The summed E-state index contributed by atoms with van der Waals surface area (Å²) in [6.07, 6.45) is 3.02. The summed E-state index contributed by atoms with van der Waals surface area (Å²) in [4.78, 5) is 29.6. The van der Waals surface area contributed by atoms with Crippen molar-refractivity contribution in [2.24, 2.45) is 5.73 Å². The first-order valence-corrected chi connectivity index (χ1v) is 5.42. The van der Waals surface area contributed by atoms with Crippen molar-refractivity contribution in [2.45, 2.75) is 31.8 Å². The van der Waals surface area contributed by atoms with E-state index in [1.807, 2.05) is 6.92 Å². The van der Waals surface area contributed by atoms with Crippen LogP contribution in [0.25, 0.3) is 0 Å². The van der Waals surface area contributed by atoms with Gasteiger partial charge in [-0.25, -0.2) is 4.79 Å². The molecule has 0 aromatic carbocycles. The smallest absolute Gasteiger partial charge is 0.323 e. The van der Waals surface area contributed by atoms with Crippen molar-refractivity contribution in [2.75, 3.05) is 6.54 Å². The van der Waals surface area contributed by atoms with E-state index in [1.54, 1.807) is 4.90 Å². The van der Waals surface area contributed by atoms with Crippen LogP contribution in [0, 0.1) is 0 Å². The first-order valence-electron chi connectivity index (χ1n) is 5.42. The molecule has 88 valence electrons. The molecule has 0 bridgehead atoms. The molecule has 2 unspecified atom stereocenters. The zero-order valence-corrected chi connectivity index (χ0v) is 9.19. The number of carbonyl (C=O) groups excluding carboxylic acids is 1. The van der Waals surface area contributed by atoms with Crippen molar-refractivity contribution in [1.29, 1.82) is 0 Å². The number of hydrogen-bond acceptors (Lipinski definition) is 3. The number of hydrogen-bond donors (Lipinski definition) is 3. The lowest BCUT2D eigenvalue weighted by Gasteiger charge is -2.36. The molecular formula is C10H16N4O2. The molecule has 1 fully saturated rings. The monoisotopic (exact) mass is 224 g/mol. The van der Waals surface area contributed by atoms with Crippen LogP contribution >= 0.6 is 0 Å². The van der Waals surface area contributed by atoms with Gasteiger partial charge in [-0.3, -0.25) is 4.79 Å². The summed E-state index contributed by atoms with van der Waals surface area (Å²) < 4.78 is 0. The van der Waals surface area contributed by atoms with E-state index in [-0.39, 0.29) is 23.7 Å². The van der Waals surface area contributed by atoms with Crippen molar-refractivity contribution in [1.82, 2.24) is 14.9 Å². The Kier molecular flexibility index (Phi) is 2.82. The highest BCUT2D eigenvalue weighted by Crippen LogP contribution is 2.17. The molecule has 4 N–H and O–H groups in total. The third-order valence-electron chi connectivity index (χ3n) is 3.00. The molecule has 2 atom stereocenters. The van der Waals surface area contributed by atoms with Gasteiger partial charge >= 0.3 is 5.69 Å². The van der Waals surface area contributed by atoms with Crippen LogP contribution in [0.15, 0.2) is 11.0 Å². The predicted molar refractivity (Wildman–Crippen MR) is 59.1 cm³/mol. The van der Waals surface area contributed by atoms with Crippen LogP contribution in [-0.4, -0.2) is 39.4 Å². The van der Waals surface area contributed by atoms with Crippen molar-refractivity contribution >= 4 is 5.91 Å². The number of aromatic amines is 2. The van der Waals surface area contributed by atoms with Crippen molar-refractivity contribution in [3.8, 4) is 0 Å². The number of amides is 1. The van der Waals surface area contributed by atoms with Crippen LogP contribution < -0.4 is 11.4 Å². The van der Waals surface area contributed by atoms with Gasteiger partial charge in [0.25, 0.3) is 5.91 Å². The molecule has 16 heavy (non-hydrogen) atoms. The molecule has 0 radical (unpaired) electrons. The quantitative estimate of drug-likeness (QED) is 0.608. The maximum Gasteiger partial charge on any atom is 0.323 e. The lowest BCUT2D eigenvalue weighted by atomic mass is 9.99. The molecule has 0 spiro atoms. The van der Waals surface area contributed by atoms with Crippen LogP contribution in [0.1, 0.15) is 30.3 Å². The minimum atomic E-state index is -0.357. The van der Waals surface area contributed by atoms with Crippen molar-refractivity contribution < 1.29 is 4.79 Å². The van der Waals surface area contributed by atoms with Crippen LogP contribution in [0.2, 0.25) is 0 Å². The van der Waals surface area contributed by atoms with Crippen LogP contribution in [-0.2, 0) is 0 Å². The fourth-order valence-electron chi connectivity index (χ4n) is 2.11. The molecular weight excluding hydrogens is 208 g/mol. The average molecular weight is 224 g/mol. The molecule has 1 saturated heterocycles. The van der Waals surface area contributed by atoms with E-state index in [9.17, 15) is 9.59 Å². The average Bonchev–Trinajstić information content (AvgIpc) is 2.64. The lowest BCUT2D eigenvalue weighted by molar-refractivity contribution is 0.0613. The number of nitrogens with two attached hydrogens (primary N) is 1. The second-order valence-electron chi connectivity index (χ2n) is 4.29. The van der Waals surface area contributed by atoms with Gasteiger partial charge in [-0.05, 0) is 19.8 Å². The summed E-state index contributed by atoms with van der Waals surface area (Å²) >= 11 is 0.